The average Bonchev–Trinajstić information content (AvgIpc) is 1.98. The number of rotatable bonds is 2. The van der Waals surface area contributed by atoms with E-state index in [9.17, 15) is 4.39 Å². The molecule has 68 valence electrons. The fraction of sp³-hybridized carbons (Fsp3) is 0.333. The quantitative estimate of drug-likeness (QED) is 0.753. The van der Waals surface area contributed by atoms with E-state index in [4.69, 9.17) is 0 Å². The summed E-state index contributed by atoms with van der Waals surface area (Å²) in [5.74, 6) is -0.134. The van der Waals surface area contributed by atoms with Crippen molar-refractivity contribution in [1.82, 2.24) is 5.32 Å². The smallest absolute Gasteiger partial charge is 0.126 e. The molecule has 0 bridgehead atoms. The first kappa shape index (κ1) is 11.4. The Kier molecular flexibility index (Phi) is 4.86. The van der Waals surface area contributed by atoms with E-state index in [1.54, 1.807) is 13.0 Å². The fourth-order valence-electron chi connectivity index (χ4n) is 1.02. The van der Waals surface area contributed by atoms with E-state index in [1.165, 1.54) is 6.07 Å². The van der Waals surface area contributed by atoms with Gasteiger partial charge in [0, 0.05) is 6.54 Å². The van der Waals surface area contributed by atoms with Crippen molar-refractivity contribution in [1.29, 1.82) is 0 Å². The molecule has 0 aliphatic carbocycles. The van der Waals surface area contributed by atoms with Gasteiger partial charge in [0.05, 0.1) is 0 Å². The van der Waals surface area contributed by atoms with Crippen LogP contribution < -0.4 is 5.32 Å². The molecule has 1 N–H and O–H groups in total. The van der Waals surface area contributed by atoms with Crippen molar-refractivity contribution in [2.45, 2.75) is 13.5 Å². The Hall–Kier alpha value is -0.600. The summed E-state index contributed by atoms with van der Waals surface area (Å²) >= 11 is 0. The molecule has 0 aromatic heterocycles. The first-order valence-corrected chi connectivity index (χ1v) is 3.63. The van der Waals surface area contributed by atoms with Crippen LogP contribution in [0.5, 0.6) is 0 Å². The Balaban J connectivity index is 0.00000121. The molecular weight excluding hydrogens is 177 g/mol. The van der Waals surface area contributed by atoms with E-state index in [0.29, 0.717) is 5.56 Å². The van der Waals surface area contributed by atoms with Crippen LogP contribution in [0.4, 0.5) is 4.39 Å². The number of hydrogen-bond acceptors (Lipinski definition) is 1. The van der Waals surface area contributed by atoms with Crippen LogP contribution in [0.2, 0.25) is 0 Å². The second-order valence-electron chi connectivity index (χ2n) is 2.61. The first-order valence-electron chi connectivity index (χ1n) is 3.63. The summed E-state index contributed by atoms with van der Waals surface area (Å²) in [5, 5.41) is 3.01. The van der Waals surface area contributed by atoms with Gasteiger partial charge in [-0.2, -0.15) is 0 Å². The minimum Gasteiger partial charge on any atom is -0.316 e. The number of aryl methyl sites for hydroxylation is 1. The summed E-state index contributed by atoms with van der Waals surface area (Å²) in [6.45, 7) is 2.57. The molecule has 3 heteroatoms. The van der Waals surface area contributed by atoms with E-state index in [1.807, 2.05) is 13.1 Å². The molecule has 0 aliphatic heterocycles. The molecule has 0 amide bonds. The maximum Gasteiger partial charge on any atom is 0.126 e. The third-order valence-corrected chi connectivity index (χ3v) is 1.60. The molecule has 0 heterocycles. The summed E-state index contributed by atoms with van der Waals surface area (Å²) in [5.41, 5.74) is 1.82. The molecule has 1 aromatic rings. The van der Waals surface area contributed by atoms with Crippen LogP contribution in [0.3, 0.4) is 0 Å². The zero-order valence-corrected chi connectivity index (χ0v) is 8.04. The van der Waals surface area contributed by atoms with Crippen molar-refractivity contribution in [2.24, 2.45) is 0 Å². The van der Waals surface area contributed by atoms with E-state index in [2.05, 4.69) is 5.32 Å². The molecule has 0 unspecified atom stereocenters. The molecule has 1 aromatic carbocycles. The molecule has 0 radical (unpaired) electrons. The standard InChI is InChI=1S/C9H12FN.ClH/c1-7-5-8(6-11-2)3-4-9(7)10;/h3-5,11H,6H2,1-2H3;1H. The zero-order valence-electron chi connectivity index (χ0n) is 7.23. The van der Waals surface area contributed by atoms with Crippen LogP contribution >= 0.6 is 12.4 Å². The predicted molar refractivity (Wildman–Crippen MR) is 51.1 cm³/mol. The Morgan fingerprint density at radius 1 is 1.42 bits per heavy atom. The number of hydrogen-bond donors (Lipinski definition) is 1. The highest BCUT2D eigenvalue weighted by Crippen LogP contribution is 2.08. The predicted octanol–water partition coefficient (Wildman–Crippen LogP) is 2.28. The van der Waals surface area contributed by atoms with Gasteiger partial charge >= 0.3 is 0 Å². The minimum absolute atomic E-state index is 0. The highest BCUT2D eigenvalue weighted by molar-refractivity contribution is 5.85. The number of benzene rings is 1. The Morgan fingerprint density at radius 2 is 2.08 bits per heavy atom. The van der Waals surface area contributed by atoms with E-state index < -0.39 is 0 Å². The van der Waals surface area contributed by atoms with E-state index >= 15 is 0 Å². The minimum atomic E-state index is -0.134. The highest BCUT2D eigenvalue weighted by atomic mass is 35.5. The lowest BCUT2D eigenvalue weighted by atomic mass is 10.1. The highest BCUT2D eigenvalue weighted by Gasteiger charge is 1.96. The Bertz CT molecular complexity index is 250. The fourth-order valence-corrected chi connectivity index (χ4v) is 1.02. The summed E-state index contributed by atoms with van der Waals surface area (Å²) in [7, 11) is 1.87. The van der Waals surface area contributed by atoms with Gasteiger partial charge in [0.1, 0.15) is 5.82 Å². The molecule has 0 spiro atoms. The van der Waals surface area contributed by atoms with Gasteiger partial charge in [-0.1, -0.05) is 12.1 Å². The first-order chi connectivity index (χ1) is 5.24. The van der Waals surface area contributed by atoms with Crippen LogP contribution in [0.25, 0.3) is 0 Å². The third-order valence-electron chi connectivity index (χ3n) is 1.60. The zero-order chi connectivity index (χ0) is 8.27. The maximum atomic E-state index is 12.7. The maximum absolute atomic E-state index is 12.7. The van der Waals surface area contributed by atoms with Crippen LogP contribution in [0.15, 0.2) is 18.2 Å². The third kappa shape index (κ3) is 2.80. The lowest BCUT2D eigenvalue weighted by Gasteiger charge is -2.01. The van der Waals surface area contributed by atoms with Gasteiger partial charge in [0.2, 0.25) is 0 Å². The van der Waals surface area contributed by atoms with Crippen molar-refractivity contribution >= 4 is 12.4 Å². The number of nitrogens with one attached hydrogen (secondary N) is 1. The van der Waals surface area contributed by atoms with Gasteiger partial charge in [-0.05, 0) is 31.2 Å². The monoisotopic (exact) mass is 189 g/mol. The molecule has 1 rings (SSSR count). The Labute approximate surface area is 78.4 Å². The largest absolute Gasteiger partial charge is 0.316 e. The molecule has 0 saturated carbocycles. The van der Waals surface area contributed by atoms with Crippen molar-refractivity contribution in [2.75, 3.05) is 7.05 Å². The topological polar surface area (TPSA) is 12.0 Å². The van der Waals surface area contributed by atoms with Gasteiger partial charge in [0.15, 0.2) is 0 Å². The average molecular weight is 190 g/mol. The number of halogens is 2. The molecule has 0 saturated heterocycles. The molecule has 12 heavy (non-hydrogen) atoms. The normalized spacial score (nSPS) is 9.25. The van der Waals surface area contributed by atoms with Crippen LogP contribution in [-0.4, -0.2) is 7.05 Å². The summed E-state index contributed by atoms with van der Waals surface area (Å²) in [6.07, 6.45) is 0. The van der Waals surface area contributed by atoms with Crippen molar-refractivity contribution < 1.29 is 4.39 Å². The molecular formula is C9H13ClFN. The summed E-state index contributed by atoms with van der Waals surface area (Å²) in [4.78, 5) is 0. The summed E-state index contributed by atoms with van der Waals surface area (Å²) < 4.78 is 12.7. The second-order valence-corrected chi connectivity index (χ2v) is 2.61. The van der Waals surface area contributed by atoms with Gasteiger partial charge in [0.25, 0.3) is 0 Å². The van der Waals surface area contributed by atoms with Crippen LogP contribution in [-0.2, 0) is 6.54 Å². The Morgan fingerprint density at radius 3 is 2.58 bits per heavy atom. The van der Waals surface area contributed by atoms with Gasteiger partial charge in [-0.3, -0.25) is 0 Å². The SMILES string of the molecule is CNCc1ccc(F)c(C)c1.Cl. The van der Waals surface area contributed by atoms with Gasteiger partial charge in [-0.25, -0.2) is 4.39 Å². The van der Waals surface area contributed by atoms with Crippen molar-refractivity contribution in [3.05, 3.63) is 35.1 Å². The van der Waals surface area contributed by atoms with E-state index in [0.717, 1.165) is 12.1 Å². The van der Waals surface area contributed by atoms with Crippen molar-refractivity contribution in [3.63, 3.8) is 0 Å². The van der Waals surface area contributed by atoms with Crippen LogP contribution in [0.1, 0.15) is 11.1 Å². The van der Waals surface area contributed by atoms with Gasteiger partial charge < -0.3 is 5.32 Å². The van der Waals surface area contributed by atoms with Crippen molar-refractivity contribution in [3.8, 4) is 0 Å². The van der Waals surface area contributed by atoms with Gasteiger partial charge in [-0.15, -0.1) is 12.4 Å². The molecule has 0 fully saturated rings. The van der Waals surface area contributed by atoms with E-state index in [-0.39, 0.29) is 18.2 Å². The lowest BCUT2D eigenvalue weighted by molar-refractivity contribution is 0.617. The van der Waals surface area contributed by atoms with Crippen LogP contribution in [0, 0.1) is 12.7 Å². The second kappa shape index (κ2) is 5.12. The molecule has 0 aliphatic rings. The molecule has 1 nitrogen and oxygen atoms in total. The summed E-state index contributed by atoms with van der Waals surface area (Å²) in [6, 6.07) is 5.15. The molecule has 0 atom stereocenters. The lowest BCUT2D eigenvalue weighted by Crippen LogP contribution is -2.05.